The van der Waals surface area contributed by atoms with Crippen molar-refractivity contribution in [3.63, 3.8) is 0 Å². The average Bonchev–Trinajstić information content (AvgIpc) is 2.86. The summed E-state index contributed by atoms with van der Waals surface area (Å²) in [6.07, 6.45) is 0.939. The standard InChI is InChI=1S/C14H17ClN2O3/c1-8-5-12(20-2)9(6-10(8)15)7-16-14(19)11-3-4-13(18)17-11/h5-6,11H,3-4,7H2,1-2H3,(H,16,19)(H,17,18). The molecule has 0 aromatic heterocycles. The Bertz CT molecular complexity index is 545. The van der Waals surface area contributed by atoms with Gasteiger partial charge in [0.25, 0.3) is 0 Å². The highest BCUT2D eigenvalue weighted by Crippen LogP contribution is 2.26. The monoisotopic (exact) mass is 296 g/mol. The summed E-state index contributed by atoms with van der Waals surface area (Å²) in [5.74, 6) is 0.415. The van der Waals surface area contributed by atoms with Gasteiger partial charge in [-0.15, -0.1) is 0 Å². The van der Waals surface area contributed by atoms with E-state index in [4.69, 9.17) is 16.3 Å². The van der Waals surface area contributed by atoms with Gasteiger partial charge in [-0.05, 0) is 31.0 Å². The third kappa shape index (κ3) is 3.22. The van der Waals surface area contributed by atoms with Crippen molar-refractivity contribution in [1.82, 2.24) is 10.6 Å². The first kappa shape index (κ1) is 14.7. The van der Waals surface area contributed by atoms with Crippen LogP contribution in [0.5, 0.6) is 5.75 Å². The van der Waals surface area contributed by atoms with Gasteiger partial charge in [-0.1, -0.05) is 11.6 Å². The minimum absolute atomic E-state index is 0.0823. The van der Waals surface area contributed by atoms with Crippen LogP contribution >= 0.6 is 11.6 Å². The zero-order valence-electron chi connectivity index (χ0n) is 11.5. The van der Waals surface area contributed by atoms with Gasteiger partial charge in [-0.3, -0.25) is 9.59 Å². The van der Waals surface area contributed by atoms with Crippen molar-refractivity contribution >= 4 is 23.4 Å². The number of benzene rings is 1. The molecule has 1 unspecified atom stereocenters. The van der Waals surface area contributed by atoms with Crippen LogP contribution in [-0.4, -0.2) is 25.0 Å². The quantitative estimate of drug-likeness (QED) is 0.886. The number of carbonyl (C=O) groups is 2. The van der Waals surface area contributed by atoms with Gasteiger partial charge in [-0.2, -0.15) is 0 Å². The number of methoxy groups -OCH3 is 1. The van der Waals surface area contributed by atoms with E-state index in [-0.39, 0.29) is 11.8 Å². The maximum Gasteiger partial charge on any atom is 0.242 e. The Morgan fingerprint density at radius 2 is 2.30 bits per heavy atom. The van der Waals surface area contributed by atoms with E-state index in [9.17, 15) is 9.59 Å². The molecule has 6 heteroatoms. The molecule has 1 aliphatic heterocycles. The van der Waals surface area contributed by atoms with E-state index >= 15 is 0 Å². The van der Waals surface area contributed by atoms with Crippen molar-refractivity contribution in [3.8, 4) is 5.75 Å². The number of carbonyl (C=O) groups excluding carboxylic acids is 2. The zero-order chi connectivity index (χ0) is 14.7. The lowest BCUT2D eigenvalue weighted by atomic mass is 10.1. The molecule has 20 heavy (non-hydrogen) atoms. The fourth-order valence-corrected chi connectivity index (χ4v) is 2.33. The van der Waals surface area contributed by atoms with E-state index in [1.807, 2.05) is 13.0 Å². The second-order valence-corrected chi connectivity index (χ2v) is 5.20. The fourth-order valence-electron chi connectivity index (χ4n) is 2.14. The highest BCUT2D eigenvalue weighted by Gasteiger charge is 2.26. The van der Waals surface area contributed by atoms with Crippen LogP contribution in [0.2, 0.25) is 5.02 Å². The predicted molar refractivity (Wildman–Crippen MR) is 75.8 cm³/mol. The third-order valence-corrected chi connectivity index (χ3v) is 3.73. The molecule has 0 aliphatic carbocycles. The number of hydrogen-bond acceptors (Lipinski definition) is 3. The molecule has 1 aliphatic rings. The van der Waals surface area contributed by atoms with Crippen molar-refractivity contribution in [1.29, 1.82) is 0 Å². The number of rotatable bonds is 4. The number of nitrogens with one attached hydrogen (secondary N) is 2. The van der Waals surface area contributed by atoms with Gasteiger partial charge in [0, 0.05) is 23.6 Å². The van der Waals surface area contributed by atoms with Gasteiger partial charge < -0.3 is 15.4 Å². The first-order valence-electron chi connectivity index (χ1n) is 6.41. The molecular formula is C14H17ClN2O3. The Labute approximate surface area is 122 Å². The number of hydrogen-bond donors (Lipinski definition) is 2. The Hall–Kier alpha value is -1.75. The molecule has 0 spiro atoms. The first-order valence-corrected chi connectivity index (χ1v) is 6.79. The van der Waals surface area contributed by atoms with Crippen molar-refractivity contribution in [3.05, 3.63) is 28.3 Å². The van der Waals surface area contributed by atoms with Crippen LogP contribution in [0.15, 0.2) is 12.1 Å². The lowest BCUT2D eigenvalue weighted by Gasteiger charge is -2.14. The minimum Gasteiger partial charge on any atom is -0.496 e. The van der Waals surface area contributed by atoms with E-state index in [2.05, 4.69) is 10.6 Å². The second kappa shape index (κ2) is 6.13. The summed E-state index contributed by atoms with van der Waals surface area (Å²) in [6, 6.07) is 3.18. The molecule has 1 aromatic rings. The minimum atomic E-state index is -0.436. The third-order valence-electron chi connectivity index (χ3n) is 3.33. The van der Waals surface area contributed by atoms with Gasteiger partial charge in [0.1, 0.15) is 11.8 Å². The highest BCUT2D eigenvalue weighted by molar-refractivity contribution is 6.31. The van der Waals surface area contributed by atoms with Crippen LogP contribution in [0.4, 0.5) is 0 Å². The Balaban J connectivity index is 2.01. The summed E-state index contributed by atoms with van der Waals surface area (Å²) in [7, 11) is 1.57. The molecule has 0 saturated carbocycles. The lowest BCUT2D eigenvalue weighted by Crippen LogP contribution is -2.41. The van der Waals surface area contributed by atoms with Gasteiger partial charge in [0.15, 0.2) is 0 Å². The molecule has 1 saturated heterocycles. The van der Waals surface area contributed by atoms with Crippen LogP contribution in [0.3, 0.4) is 0 Å². The van der Waals surface area contributed by atoms with Crippen LogP contribution in [0.25, 0.3) is 0 Å². The number of amides is 2. The maximum absolute atomic E-state index is 11.9. The van der Waals surface area contributed by atoms with Gasteiger partial charge in [0.05, 0.1) is 7.11 Å². The maximum atomic E-state index is 11.9. The van der Waals surface area contributed by atoms with Crippen LogP contribution in [0, 0.1) is 6.92 Å². The summed E-state index contributed by atoms with van der Waals surface area (Å²) in [5.41, 5.74) is 1.72. The Morgan fingerprint density at radius 3 is 2.90 bits per heavy atom. The van der Waals surface area contributed by atoms with Crippen LogP contribution < -0.4 is 15.4 Å². The summed E-state index contributed by atoms with van der Waals surface area (Å²) in [6.45, 7) is 2.20. The smallest absolute Gasteiger partial charge is 0.242 e. The number of ether oxygens (including phenoxy) is 1. The molecule has 1 heterocycles. The number of aryl methyl sites for hydroxylation is 1. The normalized spacial score (nSPS) is 17.8. The Morgan fingerprint density at radius 1 is 1.55 bits per heavy atom. The summed E-state index contributed by atoms with van der Waals surface area (Å²) < 4.78 is 5.28. The van der Waals surface area contributed by atoms with Crippen LogP contribution in [0.1, 0.15) is 24.0 Å². The second-order valence-electron chi connectivity index (χ2n) is 4.79. The summed E-state index contributed by atoms with van der Waals surface area (Å²) >= 11 is 6.08. The predicted octanol–water partition coefficient (Wildman–Crippen LogP) is 1.55. The molecule has 108 valence electrons. The first-order chi connectivity index (χ1) is 9.51. The molecule has 1 aromatic carbocycles. The molecule has 1 fully saturated rings. The largest absolute Gasteiger partial charge is 0.496 e. The van der Waals surface area contributed by atoms with E-state index in [1.54, 1.807) is 13.2 Å². The summed E-state index contributed by atoms with van der Waals surface area (Å²) in [4.78, 5) is 23.0. The zero-order valence-corrected chi connectivity index (χ0v) is 12.2. The van der Waals surface area contributed by atoms with E-state index in [1.165, 1.54) is 0 Å². The fraction of sp³-hybridized carbons (Fsp3) is 0.429. The van der Waals surface area contributed by atoms with Gasteiger partial charge in [-0.25, -0.2) is 0 Å². The molecule has 2 N–H and O–H groups in total. The van der Waals surface area contributed by atoms with Gasteiger partial charge in [0.2, 0.25) is 11.8 Å². The number of halogens is 1. The molecule has 2 amide bonds. The SMILES string of the molecule is COc1cc(C)c(Cl)cc1CNC(=O)C1CCC(=O)N1. The highest BCUT2D eigenvalue weighted by atomic mass is 35.5. The molecule has 2 rings (SSSR count). The van der Waals surface area contributed by atoms with Crippen LogP contribution in [-0.2, 0) is 16.1 Å². The van der Waals surface area contributed by atoms with E-state index in [0.717, 1.165) is 11.1 Å². The van der Waals surface area contributed by atoms with Crippen molar-refractivity contribution in [2.45, 2.75) is 32.4 Å². The molecule has 0 bridgehead atoms. The summed E-state index contributed by atoms with van der Waals surface area (Å²) in [5, 5.41) is 6.05. The molecule has 5 nitrogen and oxygen atoms in total. The van der Waals surface area contributed by atoms with Crippen molar-refractivity contribution < 1.29 is 14.3 Å². The van der Waals surface area contributed by atoms with Crippen molar-refractivity contribution in [2.75, 3.05) is 7.11 Å². The Kier molecular flexibility index (Phi) is 4.49. The molecule has 1 atom stereocenters. The van der Waals surface area contributed by atoms with E-state index < -0.39 is 6.04 Å². The lowest BCUT2D eigenvalue weighted by molar-refractivity contribution is -0.125. The topological polar surface area (TPSA) is 67.4 Å². The van der Waals surface area contributed by atoms with E-state index in [0.29, 0.717) is 30.2 Å². The average molecular weight is 297 g/mol. The van der Waals surface area contributed by atoms with Crippen molar-refractivity contribution in [2.24, 2.45) is 0 Å². The van der Waals surface area contributed by atoms with Gasteiger partial charge >= 0.3 is 0 Å². The molecule has 0 radical (unpaired) electrons. The molecular weight excluding hydrogens is 280 g/mol.